The lowest BCUT2D eigenvalue weighted by Gasteiger charge is -2.33. The molecule has 2 saturated heterocycles. The van der Waals surface area contributed by atoms with Crippen molar-refractivity contribution in [3.8, 4) is 0 Å². The van der Waals surface area contributed by atoms with Gasteiger partial charge in [-0.2, -0.15) is 0 Å². The summed E-state index contributed by atoms with van der Waals surface area (Å²) in [5, 5.41) is 9.37. The number of likely N-dealkylation sites (tertiary alicyclic amines) is 2. The molecule has 2 aliphatic rings. The molecule has 0 radical (unpaired) electrons. The topological polar surface area (TPSA) is 43.8 Å². The highest BCUT2D eigenvalue weighted by Gasteiger charge is 2.35. The summed E-state index contributed by atoms with van der Waals surface area (Å²) in [5.74, 6) is 0.251. The molecule has 0 saturated carbocycles. The fourth-order valence-electron chi connectivity index (χ4n) is 2.34. The van der Waals surface area contributed by atoms with Crippen molar-refractivity contribution in [2.24, 2.45) is 0 Å². The molecule has 0 aliphatic carbocycles. The number of nitrogens with zero attached hydrogens (tertiary/aromatic N) is 2. The van der Waals surface area contributed by atoms with Gasteiger partial charge in [0.25, 0.3) is 0 Å². The minimum absolute atomic E-state index is 0.0903. The third-order valence-electron chi connectivity index (χ3n) is 3.34. The number of rotatable bonds is 1. The molecule has 4 nitrogen and oxygen atoms in total. The fourth-order valence-corrected chi connectivity index (χ4v) is 2.34. The molecule has 2 rings (SSSR count). The van der Waals surface area contributed by atoms with Crippen LogP contribution in [0.5, 0.6) is 0 Å². The second kappa shape index (κ2) is 3.87. The second-order valence-corrected chi connectivity index (χ2v) is 4.33. The van der Waals surface area contributed by atoms with Crippen molar-refractivity contribution in [3.05, 3.63) is 0 Å². The highest BCUT2D eigenvalue weighted by atomic mass is 16.3. The monoisotopic (exact) mass is 198 g/mol. The van der Waals surface area contributed by atoms with Gasteiger partial charge in [0.05, 0.1) is 12.1 Å². The van der Waals surface area contributed by atoms with Crippen LogP contribution in [-0.4, -0.2) is 59.6 Å². The van der Waals surface area contributed by atoms with Crippen LogP contribution in [0.25, 0.3) is 0 Å². The molecule has 0 aromatic heterocycles. The van der Waals surface area contributed by atoms with E-state index in [1.54, 1.807) is 4.90 Å². The van der Waals surface area contributed by atoms with E-state index in [1.807, 2.05) is 7.05 Å². The maximum atomic E-state index is 11.7. The lowest BCUT2D eigenvalue weighted by Crippen LogP contribution is -2.46. The zero-order valence-corrected chi connectivity index (χ0v) is 8.65. The van der Waals surface area contributed by atoms with Crippen LogP contribution >= 0.6 is 0 Å². The molecule has 1 atom stereocenters. The molecule has 14 heavy (non-hydrogen) atoms. The third-order valence-corrected chi connectivity index (χ3v) is 3.34. The first-order chi connectivity index (χ1) is 6.68. The number of carbonyl (C=O) groups is 1. The number of carbonyl (C=O) groups excluding carboxylic acids is 1. The first-order valence-corrected chi connectivity index (χ1v) is 5.35. The summed E-state index contributed by atoms with van der Waals surface area (Å²) >= 11 is 0. The van der Waals surface area contributed by atoms with Crippen molar-refractivity contribution in [3.63, 3.8) is 0 Å². The zero-order chi connectivity index (χ0) is 10.1. The van der Waals surface area contributed by atoms with E-state index in [0.29, 0.717) is 0 Å². The molecule has 4 heteroatoms. The summed E-state index contributed by atoms with van der Waals surface area (Å²) in [6.07, 6.45) is 2.42. The van der Waals surface area contributed by atoms with Gasteiger partial charge in [-0.3, -0.25) is 9.69 Å². The predicted molar refractivity (Wildman–Crippen MR) is 52.9 cm³/mol. The van der Waals surface area contributed by atoms with Gasteiger partial charge in [-0.25, -0.2) is 0 Å². The Morgan fingerprint density at radius 3 is 2.36 bits per heavy atom. The van der Waals surface area contributed by atoms with Crippen LogP contribution in [0.4, 0.5) is 0 Å². The number of aliphatic hydroxyl groups is 1. The molecule has 1 amide bonds. The summed E-state index contributed by atoms with van der Waals surface area (Å²) in [5.41, 5.74) is 0. The molecular formula is C10H18N2O2. The Morgan fingerprint density at radius 1 is 1.21 bits per heavy atom. The lowest BCUT2D eigenvalue weighted by molar-refractivity contribution is -0.131. The molecule has 80 valence electrons. The number of piperidine rings is 1. The lowest BCUT2D eigenvalue weighted by atomic mass is 10.1. The Labute approximate surface area is 84.5 Å². The number of amides is 1. The van der Waals surface area contributed by atoms with Gasteiger partial charge in [-0.15, -0.1) is 0 Å². The minimum atomic E-state index is -0.152. The van der Waals surface area contributed by atoms with Gasteiger partial charge >= 0.3 is 0 Å². The highest BCUT2D eigenvalue weighted by Crippen LogP contribution is 2.20. The molecule has 2 aliphatic heterocycles. The molecule has 2 heterocycles. The van der Waals surface area contributed by atoms with Crippen LogP contribution in [0.3, 0.4) is 0 Å². The first kappa shape index (κ1) is 9.93. The van der Waals surface area contributed by atoms with Crippen molar-refractivity contribution >= 4 is 5.91 Å². The summed E-state index contributed by atoms with van der Waals surface area (Å²) < 4.78 is 0. The van der Waals surface area contributed by atoms with Crippen LogP contribution in [-0.2, 0) is 4.79 Å². The van der Waals surface area contributed by atoms with Gasteiger partial charge in [0.15, 0.2) is 0 Å². The van der Waals surface area contributed by atoms with Gasteiger partial charge in [-0.1, -0.05) is 0 Å². The van der Waals surface area contributed by atoms with Crippen molar-refractivity contribution in [2.45, 2.75) is 31.4 Å². The Kier molecular flexibility index (Phi) is 2.74. The SMILES string of the molecule is CN1CCC(N2CCC(O)CC2)C1=O. The van der Waals surface area contributed by atoms with Crippen molar-refractivity contribution < 1.29 is 9.90 Å². The Balaban J connectivity index is 1.93. The predicted octanol–water partition coefficient (Wildman–Crippen LogP) is -0.326. The van der Waals surface area contributed by atoms with Crippen LogP contribution in [0.2, 0.25) is 0 Å². The van der Waals surface area contributed by atoms with Crippen LogP contribution in [0.15, 0.2) is 0 Å². The number of likely N-dealkylation sites (N-methyl/N-ethyl adjacent to an activating group) is 1. The van der Waals surface area contributed by atoms with E-state index < -0.39 is 0 Å². The summed E-state index contributed by atoms with van der Waals surface area (Å²) in [6.45, 7) is 2.61. The highest BCUT2D eigenvalue weighted by molar-refractivity contribution is 5.83. The molecule has 2 fully saturated rings. The van der Waals surface area contributed by atoms with Crippen LogP contribution in [0.1, 0.15) is 19.3 Å². The Hall–Kier alpha value is -0.610. The van der Waals surface area contributed by atoms with Gasteiger partial charge in [0.2, 0.25) is 5.91 Å². The maximum Gasteiger partial charge on any atom is 0.239 e. The van der Waals surface area contributed by atoms with Crippen LogP contribution in [0, 0.1) is 0 Å². The van der Waals surface area contributed by atoms with Gasteiger partial charge < -0.3 is 10.0 Å². The molecule has 1 N–H and O–H groups in total. The van der Waals surface area contributed by atoms with E-state index in [4.69, 9.17) is 0 Å². The van der Waals surface area contributed by atoms with Gasteiger partial charge in [0, 0.05) is 26.7 Å². The van der Waals surface area contributed by atoms with Gasteiger partial charge in [-0.05, 0) is 19.3 Å². The van der Waals surface area contributed by atoms with E-state index in [-0.39, 0.29) is 18.1 Å². The van der Waals surface area contributed by atoms with Crippen LogP contribution < -0.4 is 0 Å². The average Bonchev–Trinajstić information content (AvgIpc) is 2.50. The Bertz CT molecular complexity index is 224. The van der Waals surface area contributed by atoms with Crippen molar-refractivity contribution in [1.82, 2.24) is 9.80 Å². The molecule has 0 aromatic rings. The largest absolute Gasteiger partial charge is 0.393 e. The average molecular weight is 198 g/mol. The standard InChI is InChI=1S/C10H18N2O2/c1-11-5-4-9(10(11)14)12-6-2-8(13)3-7-12/h8-9,13H,2-7H2,1H3. The normalized spacial score (nSPS) is 31.4. The van der Waals surface area contributed by atoms with E-state index >= 15 is 0 Å². The molecular weight excluding hydrogens is 180 g/mol. The first-order valence-electron chi connectivity index (χ1n) is 5.35. The number of hydrogen-bond donors (Lipinski definition) is 1. The Morgan fingerprint density at radius 2 is 1.86 bits per heavy atom. The molecule has 0 spiro atoms. The smallest absolute Gasteiger partial charge is 0.239 e. The molecule has 0 bridgehead atoms. The van der Waals surface area contributed by atoms with E-state index in [2.05, 4.69) is 4.90 Å². The second-order valence-electron chi connectivity index (χ2n) is 4.33. The fraction of sp³-hybridized carbons (Fsp3) is 0.900. The number of hydrogen-bond acceptors (Lipinski definition) is 3. The summed E-state index contributed by atoms with van der Waals surface area (Å²) in [4.78, 5) is 15.7. The number of aliphatic hydroxyl groups excluding tert-OH is 1. The molecule has 1 unspecified atom stereocenters. The van der Waals surface area contributed by atoms with Crippen molar-refractivity contribution in [2.75, 3.05) is 26.7 Å². The zero-order valence-electron chi connectivity index (χ0n) is 8.65. The summed E-state index contributed by atoms with van der Waals surface area (Å²) in [7, 11) is 1.86. The van der Waals surface area contributed by atoms with E-state index in [1.165, 1.54) is 0 Å². The molecule has 0 aromatic carbocycles. The van der Waals surface area contributed by atoms with E-state index in [9.17, 15) is 9.90 Å². The maximum absolute atomic E-state index is 11.7. The van der Waals surface area contributed by atoms with Gasteiger partial charge in [0.1, 0.15) is 0 Å². The van der Waals surface area contributed by atoms with Crippen molar-refractivity contribution in [1.29, 1.82) is 0 Å². The summed E-state index contributed by atoms with van der Waals surface area (Å²) in [6, 6.07) is 0.0903. The van der Waals surface area contributed by atoms with E-state index in [0.717, 1.165) is 38.9 Å². The minimum Gasteiger partial charge on any atom is -0.393 e. The third kappa shape index (κ3) is 1.77. The quantitative estimate of drug-likeness (QED) is 0.627.